The van der Waals surface area contributed by atoms with E-state index in [1.54, 1.807) is 6.20 Å². The number of aromatic nitrogens is 1. The molecular weight excluding hydrogens is 467 g/mol. The highest BCUT2D eigenvalue weighted by atomic mass is 35.5. The van der Waals surface area contributed by atoms with Crippen LogP contribution in [-0.4, -0.2) is 40.3 Å². The van der Waals surface area contributed by atoms with Crippen LogP contribution in [0.1, 0.15) is 44.2 Å². The van der Waals surface area contributed by atoms with Crippen molar-refractivity contribution in [3.8, 4) is 0 Å². The first-order chi connectivity index (χ1) is 16.7. The molecule has 2 amide bonds. The molecule has 2 heterocycles. The predicted molar refractivity (Wildman–Crippen MR) is 135 cm³/mol. The van der Waals surface area contributed by atoms with E-state index in [0.29, 0.717) is 48.5 Å². The third kappa shape index (κ3) is 5.90. The lowest BCUT2D eigenvalue weighted by atomic mass is 9.83. The molecule has 1 aliphatic carbocycles. The Morgan fingerprint density at radius 1 is 1.23 bits per heavy atom. The molecule has 0 bridgehead atoms. The number of nitrogens with one attached hydrogen (secondary N) is 2. The number of amides is 2. The summed E-state index contributed by atoms with van der Waals surface area (Å²) in [5.74, 6) is -1.31. The maximum Gasteiger partial charge on any atom is 0.274 e. The van der Waals surface area contributed by atoms with Gasteiger partial charge in [-0.3, -0.25) is 9.59 Å². The van der Waals surface area contributed by atoms with Gasteiger partial charge in [-0.2, -0.15) is 0 Å². The van der Waals surface area contributed by atoms with Crippen molar-refractivity contribution in [3.05, 3.63) is 82.4 Å². The first-order valence-electron chi connectivity index (χ1n) is 11.8. The average Bonchev–Trinajstić information content (AvgIpc) is 2.77. The number of carbonyl (C=O) groups is 2. The Morgan fingerprint density at radius 3 is 2.60 bits per heavy atom. The first kappa shape index (κ1) is 24.9. The minimum atomic E-state index is -0.602. The third-order valence-electron chi connectivity index (χ3n) is 6.36. The fourth-order valence-corrected chi connectivity index (χ4v) is 4.78. The zero-order valence-corrected chi connectivity index (χ0v) is 20.7. The van der Waals surface area contributed by atoms with E-state index in [2.05, 4.69) is 22.2 Å². The number of pyridine rings is 1. The van der Waals surface area contributed by atoms with Crippen LogP contribution in [0.5, 0.6) is 0 Å². The zero-order chi connectivity index (χ0) is 25.1. The molecule has 1 saturated carbocycles. The molecule has 6 nitrogen and oxygen atoms in total. The lowest BCUT2D eigenvalue weighted by Gasteiger charge is -2.46. The molecule has 0 unspecified atom stereocenters. The Hall–Kier alpha value is -3.19. The molecule has 1 aromatic carbocycles. The van der Waals surface area contributed by atoms with Crippen LogP contribution in [0.2, 0.25) is 0 Å². The molecule has 35 heavy (non-hydrogen) atoms. The zero-order valence-electron chi connectivity index (χ0n) is 20.0. The van der Waals surface area contributed by atoms with Gasteiger partial charge in [-0.25, -0.2) is 9.37 Å². The quantitative estimate of drug-likeness (QED) is 0.542. The molecule has 0 spiro atoms. The second-order valence-corrected chi connectivity index (χ2v) is 10.0. The van der Waals surface area contributed by atoms with Gasteiger partial charge in [0, 0.05) is 37.2 Å². The summed E-state index contributed by atoms with van der Waals surface area (Å²) >= 11 is 6.51. The minimum Gasteiger partial charge on any atom is -0.359 e. The van der Waals surface area contributed by atoms with E-state index in [4.69, 9.17) is 11.6 Å². The number of carbonyl (C=O) groups excluding carboxylic acids is 2. The maximum absolute atomic E-state index is 14.8. The maximum atomic E-state index is 14.8. The van der Waals surface area contributed by atoms with Gasteiger partial charge in [0.05, 0.1) is 5.03 Å². The summed E-state index contributed by atoms with van der Waals surface area (Å²) in [6, 6.07) is 11.2. The number of nitrogens with zero attached hydrogens (tertiary/aromatic N) is 2. The van der Waals surface area contributed by atoms with Crippen molar-refractivity contribution < 1.29 is 14.0 Å². The molecule has 0 radical (unpaired) electrons. The van der Waals surface area contributed by atoms with E-state index in [0.717, 1.165) is 11.1 Å². The van der Waals surface area contributed by atoms with E-state index in [9.17, 15) is 14.0 Å². The van der Waals surface area contributed by atoms with Gasteiger partial charge in [0.15, 0.2) is 11.6 Å². The molecule has 184 valence electrons. The highest BCUT2D eigenvalue weighted by molar-refractivity contribution is 6.32. The number of allylic oxidation sites excluding steroid dienone is 1. The monoisotopic (exact) mass is 496 g/mol. The smallest absolute Gasteiger partial charge is 0.274 e. The van der Waals surface area contributed by atoms with Gasteiger partial charge < -0.3 is 15.5 Å². The van der Waals surface area contributed by atoms with Gasteiger partial charge in [-0.15, -0.1) is 0 Å². The summed E-state index contributed by atoms with van der Waals surface area (Å²) in [5.41, 5.74) is 2.97. The van der Waals surface area contributed by atoms with Gasteiger partial charge in [-0.1, -0.05) is 67.9 Å². The van der Waals surface area contributed by atoms with E-state index in [1.807, 2.05) is 49.1 Å². The van der Waals surface area contributed by atoms with Crippen LogP contribution in [0.4, 0.5) is 10.2 Å². The van der Waals surface area contributed by atoms with Crippen molar-refractivity contribution in [1.29, 1.82) is 0 Å². The number of hydrogen-bond donors (Lipinski definition) is 2. The molecule has 4 rings (SSSR count). The first-order valence-corrected chi connectivity index (χ1v) is 12.2. The van der Waals surface area contributed by atoms with Gasteiger partial charge in [0.2, 0.25) is 5.91 Å². The normalized spacial score (nSPS) is 20.0. The van der Waals surface area contributed by atoms with Crippen molar-refractivity contribution in [3.63, 3.8) is 0 Å². The standard InChI is InChI=1S/C27H30ClFN4O2/c1-16(2)26(34)31-20-12-21(13-20)33-15-17(3)9-22(28)24(33)27(35)32-25-23(29)11-19(14-30-25)10-18-7-5-4-6-8-18/h4-8,11,14,16,20-21H,3,9-10,12-13,15H2,1-2H3,(H,31,34)(H,30,32,35)/t20-,21+. The molecular formula is C27H30ClFN4O2. The molecule has 2 aliphatic rings. The highest BCUT2D eigenvalue weighted by Crippen LogP contribution is 2.36. The summed E-state index contributed by atoms with van der Waals surface area (Å²) in [5, 5.41) is 5.99. The van der Waals surface area contributed by atoms with Crippen molar-refractivity contribution in [1.82, 2.24) is 15.2 Å². The molecule has 2 N–H and O–H groups in total. The van der Waals surface area contributed by atoms with Gasteiger partial charge >= 0.3 is 0 Å². The fraction of sp³-hybridized carbons (Fsp3) is 0.370. The number of benzene rings is 1. The lowest BCUT2D eigenvalue weighted by molar-refractivity contribution is -0.126. The van der Waals surface area contributed by atoms with Crippen molar-refractivity contribution >= 4 is 29.2 Å². The van der Waals surface area contributed by atoms with E-state index in [-0.39, 0.29) is 29.7 Å². The topological polar surface area (TPSA) is 74.3 Å². The Kier molecular flexibility index (Phi) is 7.55. The second kappa shape index (κ2) is 10.6. The van der Waals surface area contributed by atoms with Crippen LogP contribution >= 0.6 is 11.6 Å². The van der Waals surface area contributed by atoms with E-state index >= 15 is 0 Å². The summed E-state index contributed by atoms with van der Waals surface area (Å²) in [7, 11) is 0. The summed E-state index contributed by atoms with van der Waals surface area (Å²) < 4.78 is 14.8. The Bertz CT molecular complexity index is 1160. The summed E-state index contributed by atoms with van der Waals surface area (Å²) in [6.07, 6.45) is 3.91. The van der Waals surface area contributed by atoms with Crippen molar-refractivity contribution in [2.75, 3.05) is 11.9 Å². The number of anilines is 1. The molecule has 1 aliphatic heterocycles. The summed E-state index contributed by atoms with van der Waals surface area (Å²) in [6.45, 7) is 8.24. The predicted octanol–water partition coefficient (Wildman–Crippen LogP) is 4.77. The van der Waals surface area contributed by atoms with Gasteiger partial charge in [0.1, 0.15) is 5.70 Å². The fourth-order valence-electron chi connectivity index (χ4n) is 4.39. The SMILES string of the molecule is C=C1CC(Cl)=C(C(=O)Nc2ncc(Cc3ccccc3)cc2F)N([C@H]2C[C@@H](NC(=O)C(C)C)C2)C1. The van der Waals surface area contributed by atoms with Crippen molar-refractivity contribution in [2.45, 2.75) is 51.6 Å². The number of halogens is 2. The van der Waals surface area contributed by atoms with Crippen LogP contribution < -0.4 is 10.6 Å². The largest absolute Gasteiger partial charge is 0.359 e. The molecule has 1 fully saturated rings. The molecule has 2 aromatic rings. The lowest BCUT2D eigenvalue weighted by Crippen LogP contribution is -2.56. The average molecular weight is 497 g/mol. The molecule has 1 aromatic heterocycles. The minimum absolute atomic E-state index is 0.0142. The second-order valence-electron chi connectivity index (χ2n) is 9.58. The van der Waals surface area contributed by atoms with Crippen LogP contribution in [0, 0.1) is 11.7 Å². The molecule has 8 heteroatoms. The molecule has 0 saturated heterocycles. The number of hydrogen-bond acceptors (Lipinski definition) is 4. The summed E-state index contributed by atoms with van der Waals surface area (Å²) in [4.78, 5) is 31.3. The van der Waals surface area contributed by atoms with Gasteiger partial charge in [0.25, 0.3) is 5.91 Å². The highest BCUT2D eigenvalue weighted by Gasteiger charge is 2.40. The van der Waals surface area contributed by atoms with Gasteiger partial charge in [-0.05, 0) is 36.5 Å². The molecule has 0 atom stereocenters. The van der Waals surface area contributed by atoms with Crippen LogP contribution in [0.3, 0.4) is 0 Å². The van der Waals surface area contributed by atoms with Crippen molar-refractivity contribution in [2.24, 2.45) is 5.92 Å². The van der Waals surface area contributed by atoms with Crippen LogP contribution in [-0.2, 0) is 16.0 Å². The Morgan fingerprint density at radius 2 is 1.94 bits per heavy atom. The van der Waals surface area contributed by atoms with Crippen LogP contribution in [0.15, 0.2) is 65.5 Å². The van der Waals surface area contributed by atoms with E-state index in [1.165, 1.54) is 6.07 Å². The van der Waals surface area contributed by atoms with E-state index < -0.39 is 11.7 Å². The van der Waals surface area contributed by atoms with Crippen LogP contribution in [0.25, 0.3) is 0 Å². The number of rotatable bonds is 7. The Balaban J connectivity index is 1.44. The Labute approximate surface area is 210 Å². The third-order valence-corrected chi connectivity index (χ3v) is 6.68.